The Morgan fingerprint density at radius 2 is 1.94 bits per heavy atom. The van der Waals surface area contributed by atoms with Gasteiger partial charge in [-0.25, -0.2) is 0 Å². The van der Waals surface area contributed by atoms with Gasteiger partial charge in [0.1, 0.15) is 4.33 Å². The smallest absolute Gasteiger partial charge is 0.229 e. The fourth-order valence-corrected chi connectivity index (χ4v) is 2.47. The Morgan fingerprint density at radius 3 is 2.39 bits per heavy atom. The van der Waals surface area contributed by atoms with E-state index in [-0.39, 0.29) is 17.9 Å². The molecule has 2 rings (SSSR count). The Bertz CT molecular complexity index is 431. The van der Waals surface area contributed by atoms with Crippen LogP contribution in [0.1, 0.15) is 25.8 Å². The van der Waals surface area contributed by atoms with Crippen LogP contribution in [0.5, 0.6) is 0 Å². The van der Waals surface area contributed by atoms with E-state index >= 15 is 0 Å². The topological polar surface area (TPSA) is 20.3 Å². The highest BCUT2D eigenvalue weighted by atomic mass is 35.5. The van der Waals surface area contributed by atoms with Gasteiger partial charge in [-0.15, -0.1) is 23.2 Å². The summed E-state index contributed by atoms with van der Waals surface area (Å²) >= 11 is 11.9. The second kappa shape index (κ2) is 5.10. The largest absolute Gasteiger partial charge is 0.336 e. The zero-order valence-corrected chi connectivity index (χ0v) is 12.1. The van der Waals surface area contributed by atoms with Crippen LogP contribution in [0.15, 0.2) is 30.3 Å². The molecule has 0 spiro atoms. The average Bonchev–Trinajstić information content (AvgIpc) is 2.95. The number of hydrogen-bond acceptors (Lipinski definition) is 1. The summed E-state index contributed by atoms with van der Waals surface area (Å²) in [5, 5.41) is 0. The van der Waals surface area contributed by atoms with Gasteiger partial charge >= 0.3 is 0 Å². The summed E-state index contributed by atoms with van der Waals surface area (Å²) in [5.41, 5.74) is 1.12. The van der Waals surface area contributed by atoms with Crippen molar-refractivity contribution in [2.75, 3.05) is 0 Å². The zero-order valence-electron chi connectivity index (χ0n) is 10.6. The van der Waals surface area contributed by atoms with Crippen LogP contribution in [-0.4, -0.2) is 21.2 Å². The van der Waals surface area contributed by atoms with Gasteiger partial charge in [0, 0.05) is 12.6 Å². The van der Waals surface area contributed by atoms with Crippen molar-refractivity contribution in [3.63, 3.8) is 0 Å². The predicted octanol–water partition coefficient (Wildman–Crippen LogP) is 3.62. The van der Waals surface area contributed by atoms with Gasteiger partial charge in [-0.1, -0.05) is 30.3 Å². The Hall–Kier alpha value is -0.730. The molecular weight excluding hydrogens is 269 g/mol. The molecule has 18 heavy (non-hydrogen) atoms. The lowest BCUT2D eigenvalue weighted by atomic mass is 10.1. The Morgan fingerprint density at radius 1 is 1.39 bits per heavy atom. The van der Waals surface area contributed by atoms with Crippen molar-refractivity contribution in [1.82, 2.24) is 4.90 Å². The van der Waals surface area contributed by atoms with Crippen LogP contribution in [0, 0.1) is 5.92 Å². The lowest BCUT2D eigenvalue weighted by molar-refractivity contribution is -0.135. The summed E-state index contributed by atoms with van der Waals surface area (Å²) < 4.78 is -0.846. The number of hydrogen-bond donors (Lipinski definition) is 0. The maximum atomic E-state index is 12.3. The quantitative estimate of drug-likeness (QED) is 0.774. The van der Waals surface area contributed by atoms with Crippen molar-refractivity contribution in [2.24, 2.45) is 5.92 Å². The van der Waals surface area contributed by atoms with Crippen LogP contribution < -0.4 is 0 Å². The third-order valence-electron chi connectivity index (χ3n) is 3.23. The van der Waals surface area contributed by atoms with E-state index in [1.165, 1.54) is 0 Å². The molecule has 1 saturated carbocycles. The maximum absolute atomic E-state index is 12.3. The second-order valence-electron chi connectivity index (χ2n) is 5.06. The van der Waals surface area contributed by atoms with Gasteiger partial charge in [0.2, 0.25) is 5.91 Å². The molecule has 1 aromatic carbocycles. The lowest BCUT2D eigenvalue weighted by Gasteiger charge is -2.27. The second-order valence-corrected chi connectivity index (χ2v) is 6.61. The number of nitrogens with zero attached hydrogens (tertiary/aromatic N) is 1. The van der Waals surface area contributed by atoms with Gasteiger partial charge < -0.3 is 4.90 Å². The Balaban J connectivity index is 2.08. The molecule has 0 saturated heterocycles. The van der Waals surface area contributed by atoms with E-state index in [1.54, 1.807) is 0 Å². The highest BCUT2D eigenvalue weighted by Gasteiger charge is 2.57. The first-order valence-electron chi connectivity index (χ1n) is 6.14. The maximum Gasteiger partial charge on any atom is 0.229 e. The molecule has 1 unspecified atom stereocenters. The van der Waals surface area contributed by atoms with Gasteiger partial charge in [0.05, 0.1) is 5.92 Å². The molecule has 0 aromatic heterocycles. The highest BCUT2D eigenvalue weighted by Crippen LogP contribution is 2.54. The summed E-state index contributed by atoms with van der Waals surface area (Å²) in [6, 6.07) is 10.1. The molecule has 0 heterocycles. The van der Waals surface area contributed by atoms with Crippen molar-refractivity contribution < 1.29 is 4.79 Å². The fourth-order valence-electron chi connectivity index (χ4n) is 1.98. The van der Waals surface area contributed by atoms with Crippen LogP contribution in [-0.2, 0) is 11.3 Å². The number of alkyl halides is 2. The first-order valence-corrected chi connectivity index (χ1v) is 6.89. The molecular formula is C14H17Cl2NO. The van der Waals surface area contributed by atoms with Gasteiger partial charge in [0.15, 0.2) is 0 Å². The van der Waals surface area contributed by atoms with Gasteiger partial charge in [-0.2, -0.15) is 0 Å². The summed E-state index contributed by atoms with van der Waals surface area (Å²) in [5.74, 6) is -0.189. The standard InChI is InChI=1S/C14H17Cl2NO/c1-10(2)17(9-11-6-4-3-5-7-11)13(18)12-8-14(12,15)16/h3-7,10,12H,8-9H2,1-2H3. The Kier molecular flexibility index (Phi) is 3.88. The zero-order chi connectivity index (χ0) is 13.3. The van der Waals surface area contributed by atoms with E-state index in [0.717, 1.165) is 5.56 Å². The van der Waals surface area contributed by atoms with E-state index in [1.807, 2.05) is 49.1 Å². The minimum atomic E-state index is -0.846. The van der Waals surface area contributed by atoms with Crippen LogP contribution in [0.3, 0.4) is 0 Å². The van der Waals surface area contributed by atoms with E-state index in [0.29, 0.717) is 13.0 Å². The summed E-state index contributed by atoms with van der Waals surface area (Å²) in [7, 11) is 0. The van der Waals surface area contributed by atoms with Crippen LogP contribution >= 0.6 is 23.2 Å². The number of benzene rings is 1. The van der Waals surface area contributed by atoms with Crippen LogP contribution in [0.4, 0.5) is 0 Å². The molecule has 1 aliphatic carbocycles. The summed E-state index contributed by atoms with van der Waals surface area (Å²) in [6.45, 7) is 4.62. The molecule has 4 heteroatoms. The first kappa shape index (κ1) is 13.7. The van der Waals surface area contributed by atoms with E-state index in [9.17, 15) is 4.79 Å². The first-order chi connectivity index (χ1) is 8.42. The minimum absolute atomic E-state index is 0.0545. The molecule has 1 aliphatic rings. The van der Waals surface area contributed by atoms with Crippen molar-refractivity contribution in [3.8, 4) is 0 Å². The lowest BCUT2D eigenvalue weighted by Crippen LogP contribution is -2.38. The molecule has 1 atom stereocenters. The fraction of sp³-hybridized carbons (Fsp3) is 0.500. The third kappa shape index (κ3) is 2.99. The van der Waals surface area contributed by atoms with Gasteiger partial charge in [-0.05, 0) is 25.8 Å². The van der Waals surface area contributed by atoms with Crippen LogP contribution in [0.25, 0.3) is 0 Å². The molecule has 1 fully saturated rings. The predicted molar refractivity (Wildman–Crippen MR) is 74.7 cm³/mol. The molecule has 98 valence electrons. The number of carbonyl (C=O) groups is 1. The summed E-state index contributed by atoms with van der Waals surface area (Å²) in [4.78, 5) is 14.2. The number of rotatable bonds is 4. The highest BCUT2D eigenvalue weighted by molar-refractivity contribution is 6.52. The summed E-state index contributed by atoms with van der Waals surface area (Å²) in [6.07, 6.45) is 0.562. The molecule has 0 bridgehead atoms. The average molecular weight is 286 g/mol. The van der Waals surface area contributed by atoms with E-state index in [4.69, 9.17) is 23.2 Å². The van der Waals surface area contributed by atoms with Crippen molar-refractivity contribution in [1.29, 1.82) is 0 Å². The van der Waals surface area contributed by atoms with Crippen LogP contribution in [0.2, 0.25) is 0 Å². The normalized spacial score (nSPS) is 20.8. The van der Waals surface area contributed by atoms with Crippen molar-refractivity contribution in [2.45, 2.75) is 37.2 Å². The molecule has 1 aromatic rings. The van der Waals surface area contributed by atoms with E-state index < -0.39 is 4.33 Å². The van der Waals surface area contributed by atoms with Gasteiger partial charge in [0.25, 0.3) is 0 Å². The molecule has 0 radical (unpaired) electrons. The minimum Gasteiger partial charge on any atom is -0.336 e. The number of amides is 1. The molecule has 0 N–H and O–H groups in total. The van der Waals surface area contributed by atoms with Gasteiger partial charge in [-0.3, -0.25) is 4.79 Å². The third-order valence-corrected chi connectivity index (χ3v) is 4.06. The monoisotopic (exact) mass is 285 g/mol. The molecule has 0 aliphatic heterocycles. The Labute approximate surface area is 118 Å². The number of halogens is 2. The van der Waals surface area contributed by atoms with Crippen molar-refractivity contribution in [3.05, 3.63) is 35.9 Å². The SMILES string of the molecule is CC(C)N(Cc1ccccc1)C(=O)C1CC1(Cl)Cl. The van der Waals surface area contributed by atoms with Crippen molar-refractivity contribution >= 4 is 29.1 Å². The van der Waals surface area contributed by atoms with E-state index in [2.05, 4.69) is 0 Å². The number of carbonyl (C=O) groups excluding carboxylic acids is 1. The molecule has 1 amide bonds. The molecule has 2 nitrogen and oxygen atoms in total.